The van der Waals surface area contributed by atoms with E-state index in [1.165, 1.54) is 0 Å². The van der Waals surface area contributed by atoms with Crippen LogP contribution in [0.15, 0.2) is 0 Å². The lowest BCUT2D eigenvalue weighted by atomic mass is 10.1. The predicted octanol–water partition coefficient (Wildman–Crippen LogP) is 3.45. The maximum absolute atomic E-state index is 12.1. The SMILES string of the molecule is CC(CCCCCC(C)OS(=O)(=O)C(F)(F)F)OS(=O)(=O)C(F)(F)F. The van der Waals surface area contributed by atoms with Gasteiger partial charge in [-0.3, -0.25) is 8.37 Å². The molecular formula is C11H18F6O6S2. The van der Waals surface area contributed by atoms with Crippen molar-refractivity contribution in [1.29, 1.82) is 0 Å². The van der Waals surface area contributed by atoms with Gasteiger partial charge in [-0.25, -0.2) is 0 Å². The van der Waals surface area contributed by atoms with Gasteiger partial charge >= 0.3 is 31.3 Å². The van der Waals surface area contributed by atoms with E-state index in [2.05, 4.69) is 8.37 Å². The molecule has 0 radical (unpaired) electrons. The minimum atomic E-state index is -5.68. The van der Waals surface area contributed by atoms with Crippen LogP contribution in [0.2, 0.25) is 0 Å². The molecule has 0 N–H and O–H groups in total. The molecule has 0 aromatic carbocycles. The number of alkyl halides is 6. The van der Waals surface area contributed by atoms with Crippen LogP contribution in [0.1, 0.15) is 46.0 Å². The second kappa shape index (κ2) is 8.86. The molecule has 14 heteroatoms. The van der Waals surface area contributed by atoms with Crippen molar-refractivity contribution in [2.24, 2.45) is 0 Å². The van der Waals surface area contributed by atoms with Crippen molar-refractivity contribution < 1.29 is 51.5 Å². The molecule has 0 aliphatic heterocycles. The molecule has 0 amide bonds. The zero-order valence-corrected chi connectivity index (χ0v) is 14.9. The molecule has 0 heterocycles. The van der Waals surface area contributed by atoms with Crippen molar-refractivity contribution in [2.45, 2.75) is 69.2 Å². The molecule has 0 aromatic rings. The molecule has 6 nitrogen and oxygen atoms in total. The summed E-state index contributed by atoms with van der Waals surface area (Å²) in [6, 6.07) is 0. The van der Waals surface area contributed by atoms with Crippen molar-refractivity contribution in [3.63, 3.8) is 0 Å². The Hall–Kier alpha value is -0.600. The van der Waals surface area contributed by atoms with E-state index < -0.39 is 43.5 Å². The summed E-state index contributed by atoms with van der Waals surface area (Å²) in [5, 5.41) is 0. The first-order valence-corrected chi connectivity index (χ1v) is 9.80. The topological polar surface area (TPSA) is 86.7 Å². The summed E-state index contributed by atoms with van der Waals surface area (Å²) in [5.41, 5.74) is -11.0. The van der Waals surface area contributed by atoms with E-state index in [1.54, 1.807) is 0 Å². The van der Waals surface area contributed by atoms with Gasteiger partial charge in [-0.05, 0) is 26.7 Å². The predicted molar refractivity (Wildman–Crippen MR) is 74.1 cm³/mol. The van der Waals surface area contributed by atoms with E-state index in [0.717, 1.165) is 13.8 Å². The summed E-state index contributed by atoms with van der Waals surface area (Å²) in [5.74, 6) is 0. The van der Waals surface area contributed by atoms with Crippen LogP contribution in [-0.2, 0) is 28.6 Å². The average Bonchev–Trinajstić information content (AvgIpc) is 2.34. The van der Waals surface area contributed by atoms with Crippen molar-refractivity contribution >= 4 is 20.2 Å². The largest absolute Gasteiger partial charge is 0.523 e. The highest BCUT2D eigenvalue weighted by atomic mass is 32.2. The van der Waals surface area contributed by atoms with Crippen LogP contribution >= 0.6 is 0 Å². The Labute approximate surface area is 141 Å². The molecule has 0 aliphatic carbocycles. The average molecular weight is 424 g/mol. The van der Waals surface area contributed by atoms with Gasteiger partial charge in [0.2, 0.25) is 0 Å². The summed E-state index contributed by atoms with van der Waals surface area (Å²) in [7, 11) is -11.4. The van der Waals surface area contributed by atoms with E-state index in [1.807, 2.05) is 0 Å². The Kier molecular flexibility index (Phi) is 8.65. The molecule has 0 saturated heterocycles. The Morgan fingerprint density at radius 1 is 0.680 bits per heavy atom. The van der Waals surface area contributed by atoms with Gasteiger partial charge < -0.3 is 0 Å². The van der Waals surface area contributed by atoms with Gasteiger partial charge in [-0.2, -0.15) is 43.2 Å². The zero-order valence-electron chi connectivity index (χ0n) is 13.2. The molecule has 0 fully saturated rings. The third-order valence-corrected chi connectivity index (χ3v) is 5.17. The van der Waals surface area contributed by atoms with Crippen molar-refractivity contribution in [3.8, 4) is 0 Å². The number of hydrogen-bond donors (Lipinski definition) is 0. The van der Waals surface area contributed by atoms with Crippen molar-refractivity contribution in [2.75, 3.05) is 0 Å². The van der Waals surface area contributed by atoms with Crippen LogP contribution in [-0.4, -0.2) is 40.1 Å². The van der Waals surface area contributed by atoms with Crippen LogP contribution < -0.4 is 0 Å². The second-order valence-electron chi connectivity index (χ2n) is 5.25. The summed E-state index contributed by atoms with van der Waals surface area (Å²) in [6.45, 7) is 2.26. The summed E-state index contributed by atoms with van der Waals surface area (Å²) in [6.07, 6.45) is -1.77. The van der Waals surface area contributed by atoms with Gasteiger partial charge in [0.1, 0.15) is 0 Å². The van der Waals surface area contributed by atoms with E-state index in [9.17, 15) is 43.2 Å². The lowest BCUT2D eigenvalue weighted by molar-refractivity contribution is -0.0572. The maximum Gasteiger partial charge on any atom is 0.523 e. The van der Waals surface area contributed by atoms with Crippen LogP contribution in [0.4, 0.5) is 26.3 Å². The summed E-state index contributed by atoms with van der Waals surface area (Å²) < 4.78 is 123. The fourth-order valence-electron chi connectivity index (χ4n) is 1.68. The highest BCUT2D eigenvalue weighted by Gasteiger charge is 2.48. The lowest BCUT2D eigenvalue weighted by Gasteiger charge is -2.15. The Morgan fingerprint density at radius 2 is 0.960 bits per heavy atom. The molecule has 0 aromatic heterocycles. The zero-order chi connectivity index (χ0) is 20.1. The smallest absolute Gasteiger partial charge is 0.260 e. The summed E-state index contributed by atoms with van der Waals surface area (Å²) >= 11 is 0. The molecule has 2 atom stereocenters. The molecule has 0 rings (SSSR count). The van der Waals surface area contributed by atoms with Gasteiger partial charge in [0.05, 0.1) is 12.2 Å². The fraction of sp³-hybridized carbons (Fsp3) is 1.00. The number of hydrogen-bond acceptors (Lipinski definition) is 6. The highest BCUT2D eigenvalue weighted by Crippen LogP contribution is 2.28. The third kappa shape index (κ3) is 8.55. The minimum absolute atomic E-state index is 0.0363. The number of unbranched alkanes of at least 4 members (excludes halogenated alkanes) is 2. The summed E-state index contributed by atoms with van der Waals surface area (Å²) in [4.78, 5) is 0. The molecule has 0 bridgehead atoms. The second-order valence-corrected chi connectivity index (χ2v) is 8.38. The quantitative estimate of drug-likeness (QED) is 0.231. The first-order chi connectivity index (χ1) is 11.0. The highest BCUT2D eigenvalue weighted by molar-refractivity contribution is 7.87. The van der Waals surface area contributed by atoms with Gasteiger partial charge in [-0.1, -0.05) is 19.3 Å². The standard InChI is InChI=1S/C11H18F6O6S2/c1-8(22-24(18,19)10(12,13)14)6-4-3-5-7-9(2)23-25(20,21)11(15,16)17/h8-9H,3-7H2,1-2H3. The Bertz CT molecular complexity index is 556. The van der Waals surface area contributed by atoms with Crippen LogP contribution in [0, 0.1) is 0 Å². The molecule has 25 heavy (non-hydrogen) atoms. The lowest BCUT2D eigenvalue weighted by Crippen LogP contribution is -2.29. The molecule has 0 aliphatic rings. The molecule has 0 spiro atoms. The molecule has 0 saturated carbocycles. The van der Waals surface area contributed by atoms with Gasteiger partial charge in [0, 0.05) is 0 Å². The monoisotopic (exact) mass is 424 g/mol. The van der Waals surface area contributed by atoms with Crippen LogP contribution in [0.3, 0.4) is 0 Å². The van der Waals surface area contributed by atoms with E-state index in [-0.39, 0.29) is 25.7 Å². The Balaban J connectivity index is 4.12. The molecule has 152 valence electrons. The van der Waals surface area contributed by atoms with Gasteiger partial charge in [0.15, 0.2) is 0 Å². The first kappa shape index (κ1) is 24.4. The third-order valence-electron chi connectivity index (χ3n) is 2.87. The maximum atomic E-state index is 12.1. The van der Waals surface area contributed by atoms with E-state index >= 15 is 0 Å². The van der Waals surface area contributed by atoms with Crippen molar-refractivity contribution in [1.82, 2.24) is 0 Å². The van der Waals surface area contributed by atoms with E-state index in [4.69, 9.17) is 0 Å². The number of halogens is 6. The van der Waals surface area contributed by atoms with Crippen LogP contribution in [0.5, 0.6) is 0 Å². The van der Waals surface area contributed by atoms with Gasteiger partial charge in [-0.15, -0.1) is 0 Å². The normalized spacial score (nSPS) is 16.6. The van der Waals surface area contributed by atoms with Crippen LogP contribution in [0.25, 0.3) is 0 Å². The molecular weight excluding hydrogens is 406 g/mol. The Morgan fingerprint density at radius 3 is 1.20 bits per heavy atom. The minimum Gasteiger partial charge on any atom is -0.260 e. The molecule has 2 unspecified atom stereocenters. The van der Waals surface area contributed by atoms with E-state index in [0.29, 0.717) is 6.42 Å². The van der Waals surface area contributed by atoms with Gasteiger partial charge in [0.25, 0.3) is 0 Å². The fourth-order valence-corrected chi connectivity index (χ4v) is 2.95. The number of rotatable bonds is 10. The van der Waals surface area contributed by atoms with Crippen molar-refractivity contribution in [3.05, 3.63) is 0 Å². The first-order valence-electron chi connectivity index (χ1n) is 6.98.